The van der Waals surface area contributed by atoms with E-state index in [0.29, 0.717) is 12.1 Å². The van der Waals surface area contributed by atoms with E-state index in [-0.39, 0.29) is 5.54 Å². The molecule has 0 spiro atoms. The van der Waals surface area contributed by atoms with Crippen LogP contribution in [0.1, 0.15) is 45.4 Å². The summed E-state index contributed by atoms with van der Waals surface area (Å²) < 4.78 is 5.76. The number of ether oxygens (including phenoxy) is 1. The summed E-state index contributed by atoms with van der Waals surface area (Å²) >= 11 is 0. The third-order valence-corrected chi connectivity index (χ3v) is 4.13. The van der Waals surface area contributed by atoms with E-state index in [9.17, 15) is 5.26 Å². The standard InChI is InChI=1S/C15H27N3O/c1-15(12-16,17-13-6-7-13)8-9-18(2)11-14-5-3-4-10-19-14/h13-14,17H,3-11H2,1-2H3. The summed E-state index contributed by atoms with van der Waals surface area (Å²) in [6.45, 7) is 4.88. The van der Waals surface area contributed by atoms with Gasteiger partial charge in [0, 0.05) is 25.7 Å². The number of hydrogen-bond acceptors (Lipinski definition) is 4. The zero-order chi connectivity index (χ0) is 13.7. The lowest BCUT2D eigenvalue weighted by atomic mass is 9.99. The second kappa shape index (κ2) is 6.69. The molecule has 1 aliphatic carbocycles. The molecule has 108 valence electrons. The van der Waals surface area contributed by atoms with E-state index < -0.39 is 0 Å². The predicted molar refractivity (Wildman–Crippen MR) is 75.9 cm³/mol. The minimum Gasteiger partial charge on any atom is -0.377 e. The van der Waals surface area contributed by atoms with Gasteiger partial charge in [0.15, 0.2) is 0 Å². The molecule has 2 unspecified atom stereocenters. The maximum Gasteiger partial charge on any atom is 0.105 e. The lowest BCUT2D eigenvalue weighted by molar-refractivity contribution is -0.00213. The molecule has 1 N–H and O–H groups in total. The van der Waals surface area contributed by atoms with E-state index in [1.54, 1.807) is 0 Å². The number of likely N-dealkylation sites (N-methyl/N-ethyl adjacent to an activating group) is 1. The fourth-order valence-electron chi connectivity index (χ4n) is 2.64. The van der Waals surface area contributed by atoms with Crippen LogP contribution in [-0.2, 0) is 4.74 Å². The van der Waals surface area contributed by atoms with Crippen molar-refractivity contribution in [2.75, 3.05) is 26.7 Å². The summed E-state index contributed by atoms with van der Waals surface area (Å²) in [7, 11) is 2.13. The summed E-state index contributed by atoms with van der Waals surface area (Å²) in [5, 5.41) is 12.8. The zero-order valence-electron chi connectivity index (χ0n) is 12.3. The van der Waals surface area contributed by atoms with Crippen molar-refractivity contribution in [3.63, 3.8) is 0 Å². The summed E-state index contributed by atoms with van der Waals surface area (Å²) in [6.07, 6.45) is 7.40. The van der Waals surface area contributed by atoms with Crippen LogP contribution in [0, 0.1) is 11.3 Å². The molecule has 1 saturated heterocycles. The third-order valence-electron chi connectivity index (χ3n) is 4.13. The summed E-state index contributed by atoms with van der Waals surface area (Å²) in [5.74, 6) is 0. The molecule has 0 bridgehead atoms. The van der Waals surface area contributed by atoms with Crippen molar-refractivity contribution in [3.05, 3.63) is 0 Å². The van der Waals surface area contributed by atoms with Gasteiger partial charge in [-0.25, -0.2) is 0 Å². The van der Waals surface area contributed by atoms with E-state index in [1.165, 1.54) is 32.1 Å². The van der Waals surface area contributed by atoms with Gasteiger partial charge in [-0.15, -0.1) is 0 Å². The number of rotatable bonds is 7. The predicted octanol–water partition coefficient (Wildman–Crippen LogP) is 1.91. The molecule has 0 radical (unpaired) electrons. The average Bonchev–Trinajstić information content (AvgIpc) is 3.21. The lowest BCUT2D eigenvalue weighted by Crippen LogP contribution is -2.45. The summed E-state index contributed by atoms with van der Waals surface area (Å²) in [4.78, 5) is 2.31. The van der Waals surface area contributed by atoms with E-state index >= 15 is 0 Å². The van der Waals surface area contributed by atoms with Crippen LogP contribution in [0.2, 0.25) is 0 Å². The van der Waals surface area contributed by atoms with Gasteiger partial charge < -0.3 is 9.64 Å². The minimum absolute atomic E-state index is 0.372. The highest BCUT2D eigenvalue weighted by Gasteiger charge is 2.32. The highest BCUT2D eigenvalue weighted by atomic mass is 16.5. The molecule has 1 saturated carbocycles. The van der Waals surface area contributed by atoms with Crippen molar-refractivity contribution < 1.29 is 4.74 Å². The molecule has 0 aromatic carbocycles. The first-order valence-corrected chi connectivity index (χ1v) is 7.60. The zero-order valence-corrected chi connectivity index (χ0v) is 12.3. The SMILES string of the molecule is CN(CCC(C)(C#N)NC1CC1)CC1CCCCO1. The van der Waals surface area contributed by atoms with Gasteiger partial charge in [-0.1, -0.05) is 0 Å². The van der Waals surface area contributed by atoms with E-state index in [0.717, 1.165) is 26.1 Å². The maximum atomic E-state index is 9.34. The molecule has 4 nitrogen and oxygen atoms in total. The van der Waals surface area contributed by atoms with Crippen molar-refractivity contribution in [3.8, 4) is 6.07 Å². The summed E-state index contributed by atoms with van der Waals surface area (Å²) in [6, 6.07) is 3.02. The van der Waals surface area contributed by atoms with Gasteiger partial charge in [-0.05, 0) is 52.5 Å². The Bertz CT molecular complexity index is 318. The van der Waals surface area contributed by atoms with Crippen LogP contribution in [0.4, 0.5) is 0 Å². The number of nitrogens with one attached hydrogen (secondary N) is 1. The van der Waals surface area contributed by atoms with Crippen LogP contribution >= 0.6 is 0 Å². The van der Waals surface area contributed by atoms with Gasteiger partial charge in [0.2, 0.25) is 0 Å². The third kappa shape index (κ3) is 5.10. The van der Waals surface area contributed by atoms with Gasteiger partial charge in [0.25, 0.3) is 0 Å². The monoisotopic (exact) mass is 265 g/mol. The van der Waals surface area contributed by atoms with Crippen LogP contribution in [0.15, 0.2) is 0 Å². The number of nitriles is 1. The molecule has 1 aliphatic heterocycles. The molecule has 19 heavy (non-hydrogen) atoms. The van der Waals surface area contributed by atoms with Gasteiger partial charge in [-0.2, -0.15) is 5.26 Å². The highest BCUT2D eigenvalue weighted by Crippen LogP contribution is 2.24. The topological polar surface area (TPSA) is 48.3 Å². The van der Waals surface area contributed by atoms with Gasteiger partial charge in [0.1, 0.15) is 5.54 Å². The molecule has 0 aromatic heterocycles. The molecular formula is C15H27N3O. The Kier molecular flexibility index (Phi) is 5.20. The highest BCUT2D eigenvalue weighted by molar-refractivity contribution is 5.07. The molecule has 1 heterocycles. The smallest absolute Gasteiger partial charge is 0.105 e. The van der Waals surface area contributed by atoms with Gasteiger partial charge >= 0.3 is 0 Å². The Balaban J connectivity index is 1.68. The van der Waals surface area contributed by atoms with Crippen molar-refractivity contribution in [2.24, 2.45) is 0 Å². The first-order chi connectivity index (χ1) is 9.11. The quantitative estimate of drug-likeness (QED) is 0.764. The van der Waals surface area contributed by atoms with Crippen LogP contribution in [0.3, 0.4) is 0 Å². The second-order valence-electron chi connectivity index (χ2n) is 6.36. The Labute approximate surface area is 117 Å². The number of nitrogens with zero attached hydrogens (tertiary/aromatic N) is 2. The maximum absolute atomic E-state index is 9.34. The normalized spacial score (nSPS) is 26.9. The Hall–Kier alpha value is -0.630. The van der Waals surface area contributed by atoms with E-state index in [4.69, 9.17) is 4.74 Å². The molecule has 2 fully saturated rings. The first-order valence-electron chi connectivity index (χ1n) is 7.60. The second-order valence-corrected chi connectivity index (χ2v) is 6.36. The van der Waals surface area contributed by atoms with E-state index in [2.05, 4.69) is 23.3 Å². The van der Waals surface area contributed by atoms with Crippen LogP contribution in [-0.4, -0.2) is 49.3 Å². The average molecular weight is 265 g/mol. The minimum atomic E-state index is -0.372. The van der Waals surface area contributed by atoms with Crippen LogP contribution in [0.5, 0.6) is 0 Å². The van der Waals surface area contributed by atoms with Gasteiger partial charge in [0.05, 0.1) is 12.2 Å². The van der Waals surface area contributed by atoms with Gasteiger partial charge in [-0.3, -0.25) is 5.32 Å². The Morgan fingerprint density at radius 1 is 1.37 bits per heavy atom. The Morgan fingerprint density at radius 2 is 2.16 bits per heavy atom. The number of hydrogen-bond donors (Lipinski definition) is 1. The fraction of sp³-hybridized carbons (Fsp3) is 0.933. The lowest BCUT2D eigenvalue weighted by Gasteiger charge is -2.30. The first kappa shape index (κ1) is 14.8. The fourth-order valence-corrected chi connectivity index (χ4v) is 2.64. The molecule has 4 heteroatoms. The molecule has 0 amide bonds. The van der Waals surface area contributed by atoms with Crippen molar-refractivity contribution >= 4 is 0 Å². The largest absolute Gasteiger partial charge is 0.377 e. The molecule has 0 aromatic rings. The van der Waals surface area contributed by atoms with Crippen LogP contribution < -0.4 is 5.32 Å². The molecule has 2 atom stereocenters. The molecule has 2 aliphatic rings. The molecular weight excluding hydrogens is 238 g/mol. The van der Waals surface area contributed by atoms with Crippen molar-refractivity contribution in [2.45, 2.75) is 63.1 Å². The van der Waals surface area contributed by atoms with Crippen molar-refractivity contribution in [1.29, 1.82) is 5.26 Å². The molecule has 2 rings (SSSR count). The Morgan fingerprint density at radius 3 is 2.74 bits per heavy atom. The summed E-state index contributed by atoms with van der Waals surface area (Å²) in [5.41, 5.74) is -0.372. The van der Waals surface area contributed by atoms with Crippen LogP contribution in [0.25, 0.3) is 0 Å². The van der Waals surface area contributed by atoms with Crippen molar-refractivity contribution in [1.82, 2.24) is 10.2 Å². The van der Waals surface area contributed by atoms with E-state index in [1.807, 2.05) is 6.92 Å².